The summed E-state index contributed by atoms with van der Waals surface area (Å²) in [5.41, 5.74) is 0. The molecule has 0 aromatic heterocycles. The van der Waals surface area contributed by atoms with Crippen LogP contribution in [0.1, 0.15) is 33.6 Å². The first-order chi connectivity index (χ1) is 4.01. The Morgan fingerprint density at radius 1 is 1.22 bits per heavy atom. The number of hydrogen-bond acceptors (Lipinski definition) is 0. The summed E-state index contributed by atoms with van der Waals surface area (Å²) in [4.78, 5) is 0.110. The third-order valence-electron chi connectivity index (χ3n) is 2.47. The van der Waals surface area contributed by atoms with Crippen LogP contribution in [0, 0.1) is 11.8 Å². The number of halogens is 1. The van der Waals surface area contributed by atoms with Crippen molar-refractivity contribution in [3.8, 4) is 0 Å². The number of alkyl halides is 1. The second-order valence-electron chi connectivity index (χ2n) is 3.78. The van der Waals surface area contributed by atoms with Gasteiger partial charge >= 0.3 is 0 Å². The summed E-state index contributed by atoms with van der Waals surface area (Å²) in [6, 6.07) is 0. The van der Waals surface area contributed by atoms with Crippen LogP contribution in [0.3, 0.4) is 0 Å². The first-order valence-electron chi connectivity index (χ1n) is 3.70. The third kappa shape index (κ3) is 1.61. The van der Waals surface area contributed by atoms with Gasteiger partial charge in [-0.3, -0.25) is 0 Å². The monoisotopic (exact) mass is 146 g/mol. The van der Waals surface area contributed by atoms with Crippen LogP contribution in [0.4, 0.5) is 0 Å². The Hall–Kier alpha value is 0.290. The van der Waals surface area contributed by atoms with E-state index in [-0.39, 0.29) is 4.87 Å². The lowest BCUT2D eigenvalue weighted by Crippen LogP contribution is -2.09. The van der Waals surface area contributed by atoms with E-state index in [9.17, 15) is 0 Å². The predicted molar refractivity (Wildman–Crippen MR) is 41.8 cm³/mol. The van der Waals surface area contributed by atoms with Crippen molar-refractivity contribution >= 4 is 11.6 Å². The first kappa shape index (κ1) is 7.40. The number of hydrogen-bond donors (Lipinski definition) is 0. The van der Waals surface area contributed by atoms with Gasteiger partial charge in [0.15, 0.2) is 0 Å². The van der Waals surface area contributed by atoms with Crippen molar-refractivity contribution in [1.82, 2.24) is 0 Å². The van der Waals surface area contributed by atoms with Crippen LogP contribution in [0.25, 0.3) is 0 Å². The summed E-state index contributed by atoms with van der Waals surface area (Å²) in [5, 5.41) is 0. The van der Waals surface area contributed by atoms with Gasteiger partial charge in [-0.1, -0.05) is 13.8 Å². The zero-order valence-corrected chi connectivity index (χ0v) is 7.20. The molecule has 0 spiro atoms. The van der Waals surface area contributed by atoms with Gasteiger partial charge in [0.25, 0.3) is 0 Å². The molecule has 2 atom stereocenters. The average molecular weight is 147 g/mol. The van der Waals surface area contributed by atoms with Gasteiger partial charge in [0, 0.05) is 4.87 Å². The van der Waals surface area contributed by atoms with Gasteiger partial charge in [0.05, 0.1) is 0 Å². The molecule has 54 valence electrons. The van der Waals surface area contributed by atoms with E-state index in [4.69, 9.17) is 11.6 Å². The minimum Gasteiger partial charge on any atom is -0.120 e. The Bertz CT molecular complexity index is 95.1. The lowest BCUT2D eigenvalue weighted by Gasteiger charge is -2.12. The highest BCUT2D eigenvalue weighted by Gasteiger charge is 2.35. The zero-order chi connectivity index (χ0) is 7.07. The van der Waals surface area contributed by atoms with Crippen molar-refractivity contribution in [2.45, 2.75) is 38.5 Å². The molecule has 1 aliphatic carbocycles. The van der Waals surface area contributed by atoms with Crippen LogP contribution in [0.5, 0.6) is 0 Å². The van der Waals surface area contributed by atoms with Crippen molar-refractivity contribution < 1.29 is 0 Å². The van der Waals surface area contributed by atoms with Gasteiger partial charge in [-0.15, -0.1) is 11.6 Å². The third-order valence-corrected chi connectivity index (χ3v) is 2.78. The smallest absolute Gasteiger partial charge is 0.0424 e. The Labute approximate surface area is 62.6 Å². The molecule has 0 nitrogen and oxygen atoms in total. The van der Waals surface area contributed by atoms with E-state index in [1.54, 1.807) is 0 Å². The van der Waals surface area contributed by atoms with Gasteiger partial charge in [-0.25, -0.2) is 0 Å². The lowest BCUT2D eigenvalue weighted by atomic mass is 10.0. The fourth-order valence-electron chi connectivity index (χ4n) is 1.83. The Morgan fingerprint density at radius 3 is 1.67 bits per heavy atom. The first-order valence-corrected chi connectivity index (χ1v) is 4.08. The molecule has 1 heteroatoms. The molecular weight excluding hydrogens is 132 g/mol. The SMILES string of the molecule is CC1CC(C)(Cl)CC1C. The van der Waals surface area contributed by atoms with Crippen molar-refractivity contribution in [1.29, 1.82) is 0 Å². The molecule has 0 N–H and O–H groups in total. The van der Waals surface area contributed by atoms with E-state index < -0.39 is 0 Å². The fourth-order valence-corrected chi connectivity index (χ4v) is 2.32. The maximum Gasteiger partial charge on any atom is 0.0424 e. The lowest BCUT2D eigenvalue weighted by molar-refractivity contribution is 0.457. The van der Waals surface area contributed by atoms with Crippen molar-refractivity contribution in [3.63, 3.8) is 0 Å². The average Bonchev–Trinajstić information content (AvgIpc) is 1.79. The molecule has 0 heterocycles. The van der Waals surface area contributed by atoms with Crippen LogP contribution in [0.15, 0.2) is 0 Å². The fraction of sp³-hybridized carbons (Fsp3) is 1.00. The molecule has 1 fully saturated rings. The van der Waals surface area contributed by atoms with E-state index in [1.165, 1.54) is 12.8 Å². The topological polar surface area (TPSA) is 0 Å². The number of rotatable bonds is 0. The summed E-state index contributed by atoms with van der Waals surface area (Å²) in [7, 11) is 0. The van der Waals surface area contributed by atoms with E-state index in [0.717, 1.165) is 11.8 Å². The molecule has 0 aromatic carbocycles. The van der Waals surface area contributed by atoms with Gasteiger partial charge in [-0.05, 0) is 31.6 Å². The molecular formula is C8H15Cl. The van der Waals surface area contributed by atoms with E-state index in [2.05, 4.69) is 20.8 Å². The molecule has 0 amide bonds. The van der Waals surface area contributed by atoms with Crippen molar-refractivity contribution in [3.05, 3.63) is 0 Å². The molecule has 1 saturated carbocycles. The van der Waals surface area contributed by atoms with Crippen LogP contribution in [0.2, 0.25) is 0 Å². The summed E-state index contributed by atoms with van der Waals surface area (Å²) >= 11 is 6.16. The highest BCUT2D eigenvalue weighted by molar-refractivity contribution is 6.23. The standard InChI is InChI=1S/C8H15Cl/c1-6-4-8(3,9)5-7(6)2/h6-7H,4-5H2,1-3H3. The van der Waals surface area contributed by atoms with Crippen LogP contribution in [-0.4, -0.2) is 4.87 Å². The van der Waals surface area contributed by atoms with Crippen LogP contribution >= 0.6 is 11.6 Å². The second-order valence-corrected chi connectivity index (χ2v) is 4.69. The van der Waals surface area contributed by atoms with Gasteiger partial charge in [0.1, 0.15) is 0 Å². The van der Waals surface area contributed by atoms with Gasteiger partial charge in [0.2, 0.25) is 0 Å². The summed E-state index contributed by atoms with van der Waals surface area (Å²) < 4.78 is 0. The Morgan fingerprint density at radius 2 is 1.56 bits per heavy atom. The highest BCUT2D eigenvalue weighted by Crippen LogP contribution is 2.42. The predicted octanol–water partition coefficient (Wildman–Crippen LogP) is 3.05. The maximum absolute atomic E-state index is 6.16. The van der Waals surface area contributed by atoms with E-state index in [1.807, 2.05) is 0 Å². The molecule has 0 radical (unpaired) electrons. The quantitative estimate of drug-likeness (QED) is 0.461. The highest BCUT2D eigenvalue weighted by atomic mass is 35.5. The summed E-state index contributed by atoms with van der Waals surface area (Å²) in [5.74, 6) is 1.65. The van der Waals surface area contributed by atoms with Gasteiger partial charge < -0.3 is 0 Å². The molecule has 1 aliphatic rings. The maximum atomic E-state index is 6.16. The molecule has 0 saturated heterocycles. The summed E-state index contributed by atoms with van der Waals surface area (Å²) in [6.07, 6.45) is 2.38. The summed E-state index contributed by atoms with van der Waals surface area (Å²) in [6.45, 7) is 6.73. The molecule has 0 aliphatic heterocycles. The van der Waals surface area contributed by atoms with Crippen LogP contribution < -0.4 is 0 Å². The Kier molecular flexibility index (Phi) is 1.77. The Balaban J connectivity index is 2.54. The molecule has 2 unspecified atom stereocenters. The van der Waals surface area contributed by atoms with Crippen molar-refractivity contribution in [2.75, 3.05) is 0 Å². The normalized spacial score (nSPS) is 52.0. The molecule has 0 bridgehead atoms. The van der Waals surface area contributed by atoms with E-state index in [0.29, 0.717) is 0 Å². The van der Waals surface area contributed by atoms with Crippen LogP contribution in [-0.2, 0) is 0 Å². The molecule has 9 heavy (non-hydrogen) atoms. The molecule has 0 aromatic rings. The zero-order valence-electron chi connectivity index (χ0n) is 6.45. The minimum atomic E-state index is 0.110. The van der Waals surface area contributed by atoms with Crippen molar-refractivity contribution in [2.24, 2.45) is 11.8 Å². The second kappa shape index (κ2) is 2.16. The largest absolute Gasteiger partial charge is 0.120 e. The van der Waals surface area contributed by atoms with E-state index >= 15 is 0 Å². The molecule has 1 rings (SSSR count). The minimum absolute atomic E-state index is 0.110. The van der Waals surface area contributed by atoms with Gasteiger partial charge in [-0.2, -0.15) is 0 Å².